The van der Waals surface area contributed by atoms with E-state index in [0.717, 1.165) is 54.4 Å². The molecule has 0 amide bonds. The number of nitrogens with zero attached hydrogens (tertiary/aromatic N) is 3. The van der Waals surface area contributed by atoms with Crippen molar-refractivity contribution in [2.24, 2.45) is 5.10 Å². The molecule has 1 aliphatic heterocycles. The lowest BCUT2D eigenvalue weighted by atomic mass is 9.96. The minimum atomic E-state index is -0.239. The van der Waals surface area contributed by atoms with Crippen LogP contribution in [0.15, 0.2) is 82.7 Å². The van der Waals surface area contributed by atoms with Gasteiger partial charge in [-0.3, -0.25) is 4.79 Å². The third-order valence-corrected chi connectivity index (χ3v) is 8.15. The molecule has 0 N–H and O–H groups in total. The van der Waals surface area contributed by atoms with Crippen LogP contribution in [0.2, 0.25) is 0 Å². The maximum absolute atomic E-state index is 13.8. The summed E-state index contributed by atoms with van der Waals surface area (Å²) in [6, 6.07) is 22.9. The van der Waals surface area contributed by atoms with Crippen molar-refractivity contribution in [2.75, 3.05) is 13.9 Å². The van der Waals surface area contributed by atoms with Crippen LogP contribution in [0.5, 0.6) is 23.0 Å². The summed E-state index contributed by atoms with van der Waals surface area (Å²) in [6.07, 6.45) is 1.67. The van der Waals surface area contributed by atoms with Crippen molar-refractivity contribution in [3.05, 3.63) is 109 Å². The Hall–Kier alpha value is -4.38. The fourth-order valence-electron chi connectivity index (χ4n) is 5.00. The van der Waals surface area contributed by atoms with Gasteiger partial charge in [0, 0.05) is 5.56 Å². The van der Waals surface area contributed by atoms with Crippen LogP contribution in [0.3, 0.4) is 0 Å². The summed E-state index contributed by atoms with van der Waals surface area (Å²) in [7, 11) is 1.67. The molecule has 0 radical (unpaired) electrons. The first kappa shape index (κ1) is 28.7. The maximum Gasteiger partial charge on any atom is 0.282 e. The highest BCUT2D eigenvalue weighted by Crippen LogP contribution is 2.35. The zero-order valence-corrected chi connectivity index (χ0v) is 26.4. The standard InChI is InChI=1S/C34H30IN3O5/c1-20(2)25-16-26(21(3)13-31(25)40-4)33-37-28-8-6-5-7-24(28)34(39)38(33)36-17-22-9-11-29(27(35)14-22)41-18-23-10-12-30-32(15-23)43-19-42-30/h5-17,20H,18-19H2,1-4H3. The topological polar surface area (TPSA) is 84.2 Å². The van der Waals surface area contributed by atoms with E-state index in [2.05, 4.69) is 47.6 Å². The van der Waals surface area contributed by atoms with E-state index in [1.807, 2.05) is 67.6 Å². The van der Waals surface area contributed by atoms with Crippen molar-refractivity contribution in [3.8, 4) is 34.4 Å². The normalized spacial score (nSPS) is 12.4. The molecule has 218 valence electrons. The number of halogens is 1. The van der Waals surface area contributed by atoms with Crippen molar-refractivity contribution in [1.29, 1.82) is 0 Å². The first-order chi connectivity index (χ1) is 20.8. The predicted octanol–water partition coefficient (Wildman–Crippen LogP) is 7.30. The fraction of sp³-hybridized carbons (Fsp3) is 0.206. The Morgan fingerprint density at radius 2 is 1.84 bits per heavy atom. The molecule has 1 aromatic heterocycles. The number of hydrogen-bond donors (Lipinski definition) is 0. The summed E-state index contributed by atoms with van der Waals surface area (Å²) < 4.78 is 24.9. The number of para-hydroxylation sites is 1. The van der Waals surface area contributed by atoms with Gasteiger partial charge in [0.2, 0.25) is 6.79 Å². The second kappa shape index (κ2) is 12.1. The largest absolute Gasteiger partial charge is 0.496 e. The van der Waals surface area contributed by atoms with Crippen molar-refractivity contribution in [3.63, 3.8) is 0 Å². The average molecular weight is 688 g/mol. The Kier molecular flexibility index (Phi) is 8.07. The molecule has 0 saturated carbocycles. The number of ether oxygens (including phenoxy) is 4. The molecule has 2 heterocycles. The molecule has 0 bridgehead atoms. The Balaban J connectivity index is 1.34. The Labute approximate surface area is 263 Å². The van der Waals surface area contributed by atoms with Gasteiger partial charge in [-0.05, 0) is 112 Å². The molecule has 0 spiro atoms. The molecule has 0 atom stereocenters. The SMILES string of the molecule is COc1cc(C)c(-c2nc3ccccc3c(=O)n2N=Cc2ccc(OCc3ccc4c(c3)OCO4)c(I)c2)cc1C(C)C. The summed E-state index contributed by atoms with van der Waals surface area (Å²) in [4.78, 5) is 18.7. The van der Waals surface area contributed by atoms with Crippen molar-refractivity contribution in [2.45, 2.75) is 33.3 Å². The summed E-state index contributed by atoms with van der Waals surface area (Å²) in [5.41, 5.74) is 4.98. The van der Waals surface area contributed by atoms with E-state index in [4.69, 9.17) is 23.9 Å². The van der Waals surface area contributed by atoms with Gasteiger partial charge in [0.25, 0.3) is 5.56 Å². The van der Waals surface area contributed by atoms with Gasteiger partial charge in [0.15, 0.2) is 17.3 Å². The zero-order chi connectivity index (χ0) is 30.1. The third kappa shape index (κ3) is 5.81. The van der Waals surface area contributed by atoms with E-state index in [9.17, 15) is 4.79 Å². The molecule has 5 aromatic rings. The number of rotatable bonds is 8. The highest BCUT2D eigenvalue weighted by Gasteiger charge is 2.19. The molecule has 9 heteroatoms. The van der Waals surface area contributed by atoms with Gasteiger partial charge in [-0.2, -0.15) is 9.78 Å². The Morgan fingerprint density at radius 1 is 1.02 bits per heavy atom. The van der Waals surface area contributed by atoms with Crippen molar-refractivity contribution in [1.82, 2.24) is 9.66 Å². The lowest BCUT2D eigenvalue weighted by molar-refractivity contribution is 0.174. The van der Waals surface area contributed by atoms with Crippen LogP contribution in [0, 0.1) is 10.5 Å². The van der Waals surface area contributed by atoms with E-state index in [1.54, 1.807) is 19.4 Å². The van der Waals surface area contributed by atoms with Crippen LogP contribution in [-0.2, 0) is 6.61 Å². The number of aromatic nitrogens is 2. The zero-order valence-electron chi connectivity index (χ0n) is 24.3. The number of hydrogen-bond acceptors (Lipinski definition) is 7. The first-order valence-corrected chi connectivity index (χ1v) is 15.0. The molecule has 1 aliphatic rings. The van der Waals surface area contributed by atoms with E-state index in [1.165, 1.54) is 4.68 Å². The second-order valence-electron chi connectivity index (χ2n) is 10.5. The van der Waals surface area contributed by atoms with E-state index in [0.29, 0.717) is 23.3 Å². The molecule has 4 aromatic carbocycles. The molecule has 6 rings (SSSR count). The maximum atomic E-state index is 13.8. The Morgan fingerprint density at radius 3 is 2.63 bits per heavy atom. The molecule has 43 heavy (non-hydrogen) atoms. The summed E-state index contributed by atoms with van der Waals surface area (Å²) in [5, 5.41) is 5.17. The van der Waals surface area contributed by atoms with Crippen LogP contribution in [-0.4, -0.2) is 29.8 Å². The van der Waals surface area contributed by atoms with E-state index >= 15 is 0 Å². The van der Waals surface area contributed by atoms with Crippen LogP contribution >= 0.6 is 22.6 Å². The molecular weight excluding hydrogens is 657 g/mol. The monoisotopic (exact) mass is 687 g/mol. The molecular formula is C34H30IN3O5. The molecule has 0 aliphatic carbocycles. The Bertz CT molecular complexity index is 1930. The number of methoxy groups -OCH3 is 1. The van der Waals surface area contributed by atoms with Crippen LogP contribution < -0.4 is 24.5 Å². The van der Waals surface area contributed by atoms with E-state index < -0.39 is 0 Å². The highest BCUT2D eigenvalue weighted by atomic mass is 127. The predicted molar refractivity (Wildman–Crippen MR) is 176 cm³/mol. The number of aryl methyl sites for hydroxylation is 1. The fourth-order valence-corrected chi connectivity index (χ4v) is 5.70. The summed E-state index contributed by atoms with van der Waals surface area (Å²) >= 11 is 2.24. The average Bonchev–Trinajstić information content (AvgIpc) is 3.48. The molecule has 0 fully saturated rings. The molecule has 8 nitrogen and oxygen atoms in total. The lowest BCUT2D eigenvalue weighted by Gasteiger charge is -2.17. The summed E-state index contributed by atoms with van der Waals surface area (Å²) in [6.45, 7) is 6.84. The van der Waals surface area contributed by atoms with Crippen LogP contribution in [0.1, 0.15) is 42.0 Å². The molecule has 0 saturated heterocycles. The smallest absolute Gasteiger partial charge is 0.282 e. The lowest BCUT2D eigenvalue weighted by Crippen LogP contribution is -2.20. The van der Waals surface area contributed by atoms with Gasteiger partial charge in [0.05, 0.1) is 27.8 Å². The third-order valence-electron chi connectivity index (χ3n) is 7.30. The number of fused-ring (bicyclic) bond motifs is 2. The van der Waals surface area contributed by atoms with Gasteiger partial charge >= 0.3 is 0 Å². The first-order valence-electron chi connectivity index (χ1n) is 13.9. The minimum Gasteiger partial charge on any atom is -0.496 e. The molecule has 0 unspecified atom stereocenters. The van der Waals surface area contributed by atoms with Gasteiger partial charge in [-0.25, -0.2) is 4.98 Å². The van der Waals surface area contributed by atoms with Crippen LogP contribution in [0.25, 0.3) is 22.3 Å². The number of benzene rings is 4. The van der Waals surface area contributed by atoms with Gasteiger partial charge in [-0.15, -0.1) is 0 Å². The van der Waals surface area contributed by atoms with Crippen molar-refractivity contribution < 1.29 is 18.9 Å². The van der Waals surface area contributed by atoms with Gasteiger partial charge in [-0.1, -0.05) is 32.0 Å². The van der Waals surface area contributed by atoms with Crippen LogP contribution in [0.4, 0.5) is 0 Å². The minimum absolute atomic E-state index is 0.214. The van der Waals surface area contributed by atoms with E-state index in [-0.39, 0.29) is 18.3 Å². The van der Waals surface area contributed by atoms with Gasteiger partial charge in [0.1, 0.15) is 18.1 Å². The summed E-state index contributed by atoms with van der Waals surface area (Å²) in [5.74, 6) is 3.71. The quantitative estimate of drug-likeness (QED) is 0.126. The second-order valence-corrected chi connectivity index (χ2v) is 11.7. The van der Waals surface area contributed by atoms with Crippen molar-refractivity contribution >= 4 is 39.7 Å². The van der Waals surface area contributed by atoms with Gasteiger partial charge < -0.3 is 18.9 Å². The highest BCUT2D eigenvalue weighted by molar-refractivity contribution is 14.1.